The van der Waals surface area contributed by atoms with E-state index in [0.717, 1.165) is 76.3 Å². The molecule has 2 saturated heterocycles. The number of hydrogen-bond donors (Lipinski definition) is 3. The lowest BCUT2D eigenvalue weighted by atomic mass is 9.99. The Kier molecular flexibility index (Phi) is 7.14. The van der Waals surface area contributed by atoms with E-state index in [4.69, 9.17) is 9.40 Å². The van der Waals surface area contributed by atoms with E-state index in [1.54, 1.807) is 0 Å². The highest BCUT2D eigenvalue weighted by Gasteiger charge is 2.26. The summed E-state index contributed by atoms with van der Waals surface area (Å²) in [5.74, 6) is 2.66. The molecule has 0 radical (unpaired) electrons. The summed E-state index contributed by atoms with van der Waals surface area (Å²) < 4.78 is 5.96. The minimum Gasteiger partial charge on any atom is -0.463 e. The second-order valence-electron chi connectivity index (χ2n) is 11.9. The van der Waals surface area contributed by atoms with E-state index < -0.39 is 0 Å². The Balaban J connectivity index is 1.06. The van der Waals surface area contributed by atoms with E-state index >= 15 is 0 Å². The molecule has 5 heterocycles. The molecule has 2 aromatic carbocycles. The van der Waals surface area contributed by atoms with Gasteiger partial charge in [0.2, 0.25) is 0 Å². The van der Waals surface area contributed by atoms with Gasteiger partial charge in [-0.3, -0.25) is 5.10 Å². The fourth-order valence-electron chi connectivity index (χ4n) is 6.49. The fraction of sp³-hybridized carbons (Fsp3) is 0.438. The number of hydrogen-bond acceptors (Lipinski definition) is 7. The normalized spacial score (nSPS) is 17.3. The van der Waals surface area contributed by atoms with Crippen LogP contribution in [0.4, 0.5) is 11.4 Å². The van der Waals surface area contributed by atoms with Gasteiger partial charge in [-0.25, -0.2) is 4.98 Å². The SMILES string of the molecule is CN(C)Cc1ccc(CNc2ccc3[nH]nc(-c4nc5ccc(N6CCC(N7CCCCC7)CC6)cc5[nH]4)c3c2)o1. The van der Waals surface area contributed by atoms with Crippen molar-refractivity contribution in [2.75, 3.05) is 50.5 Å². The van der Waals surface area contributed by atoms with Crippen LogP contribution >= 0.6 is 0 Å². The largest absolute Gasteiger partial charge is 0.463 e. The van der Waals surface area contributed by atoms with Gasteiger partial charge in [-0.1, -0.05) is 6.42 Å². The van der Waals surface area contributed by atoms with Gasteiger partial charge < -0.3 is 29.4 Å². The van der Waals surface area contributed by atoms with Gasteiger partial charge >= 0.3 is 0 Å². The van der Waals surface area contributed by atoms with Gasteiger partial charge in [0.05, 0.1) is 29.6 Å². The van der Waals surface area contributed by atoms with Crippen LogP contribution in [0.25, 0.3) is 33.5 Å². The summed E-state index contributed by atoms with van der Waals surface area (Å²) in [6.45, 7) is 6.21. The molecule has 9 heteroatoms. The van der Waals surface area contributed by atoms with Crippen LogP contribution in [0.15, 0.2) is 52.9 Å². The molecule has 0 unspecified atom stereocenters. The van der Waals surface area contributed by atoms with Gasteiger partial charge in [-0.15, -0.1) is 0 Å². The Morgan fingerprint density at radius 2 is 1.76 bits per heavy atom. The molecule has 2 aliphatic rings. The summed E-state index contributed by atoms with van der Waals surface area (Å²) in [6, 6.07) is 17.7. The number of likely N-dealkylation sites (tertiary alicyclic amines) is 1. The molecule has 0 spiro atoms. The number of rotatable bonds is 8. The van der Waals surface area contributed by atoms with Crippen molar-refractivity contribution in [3.8, 4) is 11.5 Å². The lowest BCUT2D eigenvalue weighted by molar-refractivity contribution is 0.141. The Labute approximate surface area is 240 Å². The molecule has 3 aromatic heterocycles. The van der Waals surface area contributed by atoms with Crippen molar-refractivity contribution < 1.29 is 4.42 Å². The number of furan rings is 1. The lowest BCUT2D eigenvalue weighted by Crippen LogP contribution is -2.46. The molecule has 0 saturated carbocycles. The van der Waals surface area contributed by atoms with Gasteiger partial charge in [0.25, 0.3) is 0 Å². The van der Waals surface area contributed by atoms with Crippen molar-refractivity contribution in [3.63, 3.8) is 0 Å². The molecule has 0 bridgehead atoms. The van der Waals surface area contributed by atoms with E-state index in [9.17, 15) is 0 Å². The Morgan fingerprint density at radius 3 is 2.59 bits per heavy atom. The maximum absolute atomic E-state index is 5.96. The predicted octanol–water partition coefficient (Wildman–Crippen LogP) is 5.83. The predicted molar refractivity (Wildman–Crippen MR) is 165 cm³/mol. The number of piperidine rings is 2. The van der Waals surface area contributed by atoms with Gasteiger partial charge in [-0.05, 0) is 101 Å². The van der Waals surface area contributed by atoms with E-state index in [-0.39, 0.29) is 0 Å². The van der Waals surface area contributed by atoms with Crippen molar-refractivity contribution in [1.82, 2.24) is 30.0 Å². The van der Waals surface area contributed by atoms with Gasteiger partial charge in [-0.2, -0.15) is 5.10 Å². The zero-order valence-corrected chi connectivity index (χ0v) is 24.1. The number of benzene rings is 2. The second-order valence-corrected chi connectivity index (χ2v) is 11.9. The molecule has 2 fully saturated rings. The van der Waals surface area contributed by atoms with E-state index in [1.165, 1.54) is 50.9 Å². The first-order chi connectivity index (χ1) is 20.1. The zero-order chi connectivity index (χ0) is 27.8. The summed E-state index contributed by atoms with van der Waals surface area (Å²) in [6.07, 6.45) is 6.63. The van der Waals surface area contributed by atoms with Crippen LogP contribution in [-0.4, -0.2) is 76.3 Å². The first-order valence-electron chi connectivity index (χ1n) is 15.0. The summed E-state index contributed by atoms with van der Waals surface area (Å²) in [4.78, 5) is 15.8. The van der Waals surface area contributed by atoms with Gasteiger partial charge in [0, 0.05) is 35.9 Å². The maximum atomic E-state index is 5.96. The zero-order valence-electron chi connectivity index (χ0n) is 24.1. The number of anilines is 2. The van der Waals surface area contributed by atoms with Crippen molar-refractivity contribution >= 4 is 33.3 Å². The monoisotopic (exact) mass is 552 g/mol. The molecule has 214 valence electrons. The molecule has 41 heavy (non-hydrogen) atoms. The molecular formula is C32H40N8O. The number of nitrogens with one attached hydrogen (secondary N) is 3. The molecule has 0 atom stereocenters. The molecule has 9 nitrogen and oxygen atoms in total. The third kappa shape index (κ3) is 5.56. The van der Waals surface area contributed by atoms with Crippen LogP contribution in [0.1, 0.15) is 43.6 Å². The first kappa shape index (κ1) is 26.1. The van der Waals surface area contributed by atoms with Gasteiger partial charge in [0.15, 0.2) is 5.82 Å². The Hall–Kier alpha value is -3.82. The minimum absolute atomic E-state index is 0.620. The topological polar surface area (TPSA) is 92.3 Å². The number of fused-ring (bicyclic) bond motifs is 2. The number of imidazole rings is 1. The van der Waals surface area contributed by atoms with Crippen LogP contribution < -0.4 is 10.2 Å². The van der Waals surface area contributed by atoms with Crippen molar-refractivity contribution in [2.24, 2.45) is 0 Å². The molecule has 5 aromatic rings. The van der Waals surface area contributed by atoms with E-state index in [1.807, 2.05) is 26.2 Å². The van der Waals surface area contributed by atoms with Gasteiger partial charge in [0.1, 0.15) is 17.2 Å². The van der Waals surface area contributed by atoms with Crippen molar-refractivity contribution in [2.45, 2.75) is 51.2 Å². The van der Waals surface area contributed by atoms with Crippen LogP contribution in [-0.2, 0) is 13.1 Å². The summed E-state index contributed by atoms with van der Waals surface area (Å²) in [5.41, 5.74) is 6.10. The standard InChI is InChI=1S/C32H40N8O/c1-38(2)21-26-9-8-25(41-26)20-33-22-6-10-28-27(18-22)31(37-36-28)32-34-29-11-7-24(19-30(29)35-32)40-16-12-23(13-17-40)39-14-4-3-5-15-39/h6-11,18-19,23,33H,3-5,12-17,20-21H2,1-2H3,(H,34,35)(H,36,37). The van der Waals surface area contributed by atoms with Crippen molar-refractivity contribution in [1.29, 1.82) is 0 Å². The summed E-state index contributed by atoms with van der Waals surface area (Å²) in [7, 11) is 4.08. The smallest absolute Gasteiger partial charge is 0.159 e. The Morgan fingerprint density at radius 1 is 0.927 bits per heavy atom. The number of H-pyrrole nitrogens is 2. The van der Waals surface area contributed by atoms with Crippen LogP contribution in [0.3, 0.4) is 0 Å². The molecule has 3 N–H and O–H groups in total. The first-order valence-corrected chi connectivity index (χ1v) is 15.0. The average molecular weight is 553 g/mol. The van der Waals surface area contributed by atoms with Crippen LogP contribution in [0.5, 0.6) is 0 Å². The fourth-order valence-corrected chi connectivity index (χ4v) is 6.49. The highest BCUT2D eigenvalue weighted by atomic mass is 16.3. The molecule has 7 rings (SSSR count). The second kappa shape index (κ2) is 11.2. The molecular weight excluding hydrogens is 512 g/mol. The lowest BCUT2D eigenvalue weighted by Gasteiger charge is -2.41. The van der Waals surface area contributed by atoms with Crippen LogP contribution in [0.2, 0.25) is 0 Å². The van der Waals surface area contributed by atoms with E-state index in [0.29, 0.717) is 6.54 Å². The molecule has 0 amide bonds. The van der Waals surface area contributed by atoms with E-state index in [2.05, 4.69) is 71.6 Å². The van der Waals surface area contributed by atoms with Crippen LogP contribution in [0, 0.1) is 0 Å². The highest BCUT2D eigenvalue weighted by Crippen LogP contribution is 2.31. The number of aromatic amines is 2. The summed E-state index contributed by atoms with van der Waals surface area (Å²) in [5, 5.41) is 12.3. The highest BCUT2D eigenvalue weighted by molar-refractivity contribution is 5.95. The maximum Gasteiger partial charge on any atom is 0.159 e. The molecule has 2 aliphatic heterocycles. The third-order valence-corrected chi connectivity index (χ3v) is 8.65. The quantitative estimate of drug-likeness (QED) is 0.223. The number of aromatic nitrogens is 4. The number of nitrogens with zero attached hydrogens (tertiary/aromatic N) is 5. The summed E-state index contributed by atoms with van der Waals surface area (Å²) >= 11 is 0. The third-order valence-electron chi connectivity index (χ3n) is 8.65. The average Bonchev–Trinajstić information content (AvgIpc) is 3.74. The minimum atomic E-state index is 0.620. The Bertz CT molecular complexity index is 1620. The van der Waals surface area contributed by atoms with Crippen molar-refractivity contribution in [3.05, 3.63) is 60.1 Å². The molecule has 0 aliphatic carbocycles.